The van der Waals surface area contributed by atoms with E-state index in [1.807, 2.05) is 0 Å². The van der Waals surface area contributed by atoms with Gasteiger partial charge in [0.25, 0.3) is 0 Å². The molecule has 0 aromatic carbocycles. The summed E-state index contributed by atoms with van der Waals surface area (Å²) in [6, 6.07) is 0. The number of carbonyl (C=O) groups is 1. The number of hydrogen-bond donors (Lipinski definition) is 2. The van der Waals surface area contributed by atoms with Gasteiger partial charge in [0.05, 0.1) is 0 Å². The standard InChI is InChI=1S/C10H20N2O/c1-11-10(13)6-7-12-8-9-4-2-3-5-9/h9,12H,2-8H2,1H3,(H,11,13). The summed E-state index contributed by atoms with van der Waals surface area (Å²) in [6.07, 6.45) is 6.12. The van der Waals surface area contributed by atoms with E-state index in [-0.39, 0.29) is 5.91 Å². The normalized spacial score (nSPS) is 17.6. The maximum atomic E-state index is 10.9. The molecule has 1 rings (SSSR count). The zero-order valence-corrected chi connectivity index (χ0v) is 8.44. The fraction of sp³-hybridized carbons (Fsp3) is 0.900. The first-order valence-electron chi connectivity index (χ1n) is 5.24. The van der Waals surface area contributed by atoms with Gasteiger partial charge in [-0.25, -0.2) is 0 Å². The van der Waals surface area contributed by atoms with Gasteiger partial charge in [0.15, 0.2) is 0 Å². The zero-order chi connectivity index (χ0) is 9.52. The minimum absolute atomic E-state index is 0.124. The van der Waals surface area contributed by atoms with Gasteiger partial charge >= 0.3 is 0 Å². The van der Waals surface area contributed by atoms with E-state index in [1.54, 1.807) is 7.05 Å². The van der Waals surface area contributed by atoms with Crippen LogP contribution in [-0.4, -0.2) is 26.0 Å². The van der Waals surface area contributed by atoms with Crippen molar-refractivity contribution in [2.24, 2.45) is 5.92 Å². The molecule has 76 valence electrons. The zero-order valence-electron chi connectivity index (χ0n) is 8.44. The predicted molar refractivity (Wildman–Crippen MR) is 53.5 cm³/mol. The fourth-order valence-electron chi connectivity index (χ4n) is 1.85. The van der Waals surface area contributed by atoms with Crippen molar-refractivity contribution in [1.29, 1.82) is 0 Å². The summed E-state index contributed by atoms with van der Waals surface area (Å²) < 4.78 is 0. The molecule has 0 aromatic heterocycles. The summed E-state index contributed by atoms with van der Waals surface area (Å²) in [5, 5.41) is 5.95. The van der Waals surface area contributed by atoms with Crippen LogP contribution in [0.15, 0.2) is 0 Å². The van der Waals surface area contributed by atoms with Gasteiger partial charge in [0, 0.05) is 20.0 Å². The van der Waals surface area contributed by atoms with Crippen LogP contribution < -0.4 is 10.6 Å². The molecular formula is C10H20N2O. The van der Waals surface area contributed by atoms with Gasteiger partial charge in [-0.05, 0) is 25.3 Å². The second kappa shape index (κ2) is 5.97. The Hall–Kier alpha value is -0.570. The molecule has 0 aliphatic heterocycles. The monoisotopic (exact) mass is 184 g/mol. The van der Waals surface area contributed by atoms with Crippen LogP contribution in [0.4, 0.5) is 0 Å². The SMILES string of the molecule is CNC(=O)CCNCC1CCCC1. The molecule has 1 aliphatic rings. The second-order valence-corrected chi connectivity index (χ2v) is 3.78. The average Bonchev–Trinajstić information content (AvgIpc) is 2.64. The second-order valence-electron chi connectivity index (χ2n) is 3.78. The largest absolute Gasteiger partial charge is 0.359 e. The van der Waals surface area contributed by atoms with E-state index in [0.717, 1.165) is 19.0 Å². The molecule has 3 heteroatoms. The molecule has 0 unspecified atom stereocenters. The van der Waals surface area contributed by atoms with Crippen molar-refractivity contribution in [2.45, 2.75) is 32.1 Å². The van der Waals surface area contributed by atoms with Crippen molar-refractivity contribution in [3.63, 3.8) is 0 Å². The number of amides is 1. The lowest BCUT2D eigenvalue weighted by molar-refractivity contribution is -0.120. The van der Waals surface area contributed by atoms with Crippen LogP contribution in [0, 0.1) is 5.92 Å². The summed E-state index contributed by atoms with van der Waals surface area (Å²) >= 11 is 0. The van der Waals surface area contributed by atoms with Crippen LogP contribution >= 0.6 is 0 Å². The topological polar surface area (TPSA) is 41.1 Å². The highest BCUT2D eigenvalue weighted by molar-refractivity contribution is 5.75. The van der Waals surface area contributed by atoms with E-state index >= 15 is 0 Å². The third kappa shape index (κ3) is 4.27. The van der Waals surface area contributed by atoms with Crippen molar-refractivity contribution in [3.8, 4) is 0 Å². The highest BCUT2D eigenvalue weighted by Gasteiger charge is 2.13. The van der Waals surface area contributed by atoms with Gasteiger partial charge in [0.1, 0.15) is 0 Å². The van der Waals surface area contributed by atoms with Gasteiger partial charge in [-0.2, -0.15) is 0 Å². The van der Waals surface area contributed by atoms with Crippen LogP contribution in [0.1, 0.15) is 32.1 Å². The minimum Gasteiger partial charge on any atom is -0.359 e. The molecule has 0 radical (unpaired) electrons. The lowest BCUT2D eigenvalue weighted by Gasteiger charge is -2.09. The van der Waals surface area contributed by atoms with Crippen molar-refractivity contribution >= 4 is 5.91 Å². The molecular weight excluding hydrogens is 164 g/mol. The van der Waals surface area contributed by atoms with E-state index in [4.69, 9.17) is 0 Å². The third-order valence-corrected chi connectivity index (χ3v) is 2.72. The molecule has 0 spiro atoms. The van der Waals surface area contributed by atoms with Crippen LogP contribution in [0.2, 0.25) is 0 Å². The maximum Gasteiger partial charge on any atom is 0.221 e. The van der Waals surface area contributed by atoms with Crippen molar-refractivity contribution in [2.75, 3.05) is 20.1 Å². The summed E-state index contributed by atoms with van der Waals surface area (Å²) in [5.74, 6) is 0.989. The Balaban J connectivity index is 1.91. The summed E-state index contributed by atoms with van der Waals surface area (Å²) in [5.41, 5.74) is 0. The molecule has 1 aliphatic carbocycles. The Morgan fingerprint density at radius 1 is 1.38 bits per heavy atom. The summed E-state index contributed by atoms with van der Waals surface area (Å²) in [4.78, 5) is 10.9. The Morgan fingerprint density at radius 2 is 2.08 bits per heavy atom. The van der Waals surface area contributed by atoms with Crippen molar-refractivity contribution in [3.05, 3.63) is 0 Å². The van der Waals surface area contributed by atoms with E-state index in [2.05, 4.69) is 10.6 Å². The van der Waals surface area contributed by atoms with Gasteiger partial charge in [-0.1, -0.05) is 12.8 Å². The molecule has 1 amide bonds. The third-order valence-electron chi connectivity index (χ3n) is 2.72. The molecule has 1 saturated carbocycles. The molecule has 2 N–H and O–H groups in total. The molecule has 0 bridgehead atoms. The molecule has 0 heterocycles. The number of nitrogens with one attached hydrogen (secondary N) is 2. The lowest BCUT2D eigenvalue weighted by atomic mass is 10.1. The first-order valence-corrected chi connectivity index (χ1v) is 5.24. The molecule has 0 atom stereocenters. The number of rotatable bonds is 5. The Kier molecular flexibility index (Phi) is 4.83. The van der Waals surface area contributed by atoms with Crippen molar-refractivity contribution < 1.29 is 4.79 Å². The minimum atomic E-state index is 0.124. The van der Waals surface area contributed by atoms with Crippen LogP contribution in [-0.2, 0) is 4.79 Å². The van der Waals surface area contributed by atoms with Crippen LogP contribution in [0.3, 0.4) is 0 Å². The van der Waals surface area contributed by atoms with Gasteiger partial charge in [0.2, 0.25) is 5.91 Å². The Labute approximate surface area is 80.3 Å². The van der Waals surface area contributed by atoms with Crippen LogP contribution in [0.5, 0.6) is 0 Å². The molecule has 1 fully saturated rings. The van der Waals surface area contributed by atoms with Gasteiger partial charge in [-0.3, -0.25) is 4.79 Å². The molecule has 13 heavy (non-hydrogen) atoms. The highest BCUT2D eigenvalue weighted by Crippen LogP contribution is 2.23. The maximum absolute atomic E-state index is 10.9. The summed E-state index contributed by atoms with van der Waals surface area (Å²) in [7, 11) is 1.68. The number of hydrogen-bond acceptors (Lipinski definition) is 2. The Bertz CT molecular complexity index is 153. The highest BCUT2D eigenvalue weighted by atomic mass is 16.1. The summed E-state index contributed by atoms with van der Waals surface area (Å²) in [6.45, 7) is 1.91. The predicted octanol–water partition coefficient (Wildman–Crippen LogP) is 0.902. The van der Waals surface area contributed by atoms with E-state index in [9.17, 15) is 4.79 Å². The van der Waals surface area contributed by atoms with E-state index < -0.39 is 0 Å². The average molecular weight is 184 g/mol. The van der Waals surface area contributed by atoms with Gasteiger partial charge < -0.3 is 10.6 Å². The fourth-order valence-corrected chi connectivity index (χ4v) is 1.85. The molecule has 0 saturated heterocycles. The first-order chi connectivity index (χ1) is 6.33. The van der Waals surface area contributed by atoms with E-state index in [1.165, 1.54) is 25.7 Å². The quantitative estimate of drug-likeness (QED) is 0.623. The number of carbonyl (C=O) groups excluding carboxylic acids is 1. The van der Waals surface area contributed by atoms with Crippen molar-refractivity contribution in [1.82, 2.24) is 10.6 Å². The Morgan fingerprint density at radius 3 is 2.69 bits per heavy atom. The smallest absolute Gasteiger partial charge is 0.221 e. The van der Waals surface area contributed by atoms with E-state index in [0.29, 0.717) is 6.42 Å². The lowest BCUT2D eigenvalue weighted by Crippen LogP contribution is -2.27. The molecule has 0 aromatic rings. The van der Waals surface area contributed by atoms with Gasteiger partial charge in [-0.15, -0.1) is 0 Å². The molecule has 3 nitrogen and oxygen atoms in total. The van der Waals surface area contributed by atoms with Crippen LogP contribution in [0.25, 0.3) is 0 Å². The first kappa shape index (κ1) is 10.5.